The van der Waals surface area contributed by atoms with Crippen LogP contribution in [0.5, 0.6) is 0 Å². The fraction of sp³-hybridized carbons (Fsp3) is 0.357. The second-order valence-electron chi connectivity index (χ2n) is 5.75. The van der Waals surface area contributed by atoms with Crippen LogP contribution in [0.25, 0.3) is 5.69 Å². The largest absolute Gasteiger partial charge is 0.330 e. The molecule has 0 aliphatic heterocycles. The zero-order valence-corrected chi connectivity index (χ0v) is 12.6. The molecule has 0 aliphatic carbocycles. The topological polar surface area (TPSA) is 61.0 Å². The Morgan fingerprint density at radius 2 is 2.00 bits per heavy atom. The molecular weight excluding hydrogens is 278 g/mol. The summed E-state index contributed by atoms with van der Waals surface area (Å²) in [6, 6.07) is 7.52. The number of hydrogen-bond donors (Lipinski definition) is 0. The number of nitro groups is 1. The van der Waals surface area contributed by atoms with Gasteiger partial charge in [0.2, 0.25) is 5.15 Å². The number of nitrogens with zero attached hydrogens (tertiary/aromatic N) is 3. The van der Waals surface area contributed by atoms with Crippen LogP contribution >= 0.6 is 11.6 Å². The summed E-state index contributed by atoms with van der Waals surface area (Å²) in [5.74, 6) is 0. The molecule has 0 saturated carbocycles. The molecule has 0 bridgehead atoms. The summed E-state index contributed by atoms with van der Waals surface area (Å²) in [5, 5.41) is 15.7. The molecule has 0 amide bonds. The number of hydrogen-bond acceptors (Lipinski definition) is 3. The first-order chi connectivity index (χ1) is 9.21. The molecule has 2 rings (SSSR count). The van der Waals surface area contributed by atoms with Gasteiger partial charge >= 0.3 is 5.69 Å². The minimum atomic E-state index is -0.470. The normalized spacial score (nSPS) is 11.7. The predicted molar refractivity (Wildman–Crippen MR) is 78.7 cm³/mol. The standard InChI is InChI=1S/C14H16ClN3O2/c1-9-6-5-7-10(8-9)17-13(15)11(18(19)20)12(16-17)14(2,3)4/h5-8H,1-4H3. The number of halogens is 1. The Kier molecular flexibility index (Phi) is 3.56. The molecular formula is C14H16ClN3O2. The number of aromatic nitrogens is 2. The third-order valence-electron chi connectivity index (χ3n) is 2.94. The molecule has 20 heavy (non-hydrogen) atoms. The fourth-order valence-corrected chi connectivity index (χ4v) is 2.28. The first-order valence-electron chi connectivity index (χ1n) is 6.22. The van der Waals surface area contributed by atoms with Gasteiger partial charge in [-0.1, -0.05) is 44.5 Å². The van der Waals surface area contributed by atoms with Crippen molar-refractivity contribution in [3.05, 3.63) is 50.8 Å². The summed E-state index contributed by atoms with van der Waals surface area (Å²) in [6.07, 6.45) is 0. The summed E-state index contributed by atoms with van der Waals surface area (Å²) in [7, 11) is 0. The molecule has 0 spiro atoms. The predicted octanol–water partition coefficient (Wildman–Crippen LogP) is 4.04. The molecule has 0 aliphatic rings. The second kappa shape index (κ2) is 4.90. The lowest BCUT2D eigenvalue weighted by molar-refractivity contribution is -0.385. The van der Waals surface area contributed by atoms with Crippen molar-refractivity contribution in [1.82, 2.24) is 9.78 Å². The van der Waals surface area contributed by atoms with Gasteiger partial charge in [-0.15, -0.1) is 0 Å². The second-order valence-corrected chi connectivity index (χ2v) is 6.10. The molecule has 2 aromatic rings. The number of aryl methyl sites for hydroxylation is 1. The lowest BCUT2D eigenvalue weighted by atomic mass is 9.91. The number of benzene rings is 1. The van der Waals surface area contributed by atoms with E-state index < -0.39 is 10.3 Å². The third kappa shape index (κ3) is 2.54. The zero-order chi connectivity index (χ0) is 15.1. The number of rotatable bonds is 2. The maximum atomic E-state index is 11.3. The van der Waals surface area contributed by atoms with Crippen molar-refractivity contribution in [2.45, 2.75) is 33.1 Å². The van der Waals surface area contributed by atoms with Gasteiger partial charge in [-0.3, -0.25) is 10.1 Å². The van der Waals surface area contributed by atoms with Crippen LogP contribution in [0.15, 0.2) is 24.3 Å². The van der Waals surface area contributed by atoms with E-state index in [1.165, 1.54) is 4.68 Å². The van der Waals surface area contributed by atoms with Gasteiger partial charge in [0.1, 0.15) is 5.69 Å². The van der Waals surface area contributed by atoms with E-state index in [0.717, 1.165) is 5.56 Å². The van der Waals surface area contributed by atoms with Gasteiger partial charge in [0, 0.05) is 5.41 Å². The van der Waals surface area contributed by atoms with Crippen molar-refractivity contribution in [3.8, 4) is 5.69 Å². The fourth-order valence-electron chi connectivity index (χ4n) is 1.99. The van der Waals surface area contributed by atoms with Gasteiger partial charge in [0.05, 0.1) is 10.6 Å². The van der Waals surface area contributed by atoms with Crippen molar-refractivity contribution in [2.24, 2.45) is 0 Å². The highest BCUT2D eigenvalue weighted by Gasteiger charge is 2.34. The van der Waals surface area contributed by atoms with Gasteiger partial charge in [-0.2, -0.15) is 5.10 Å². The van der Waals surface area contributed by atoms with Gasteiger partial charge in [0.25, 0.3) is 0 Å². The van der Waals surface area contributed by atoms with Crippen LogP contribution in [0.4, 0.5) is 5.69 Å². The lowest BCUT2D eigenvalue weighted by Gasteiger charge is -2.13. The molecule has 0 fully saturated rings. The van der Waals surface area contributed by atoms with E-state index in [1.54, 1.807) is 0 Å². The van der Waals surface area contributed by atoms with Crippen LogP contribution in [0.2, 0.25) is 5.15 Å². The van der Waals surface area contributed by atoms with Crippen LogP contribution in [-0.4, -0.2) is 14.7 Å². The Morgan fingerprint density at radius 1 is 1.35 bits per heavy atom. The van der Waals surface area contributed by atoms with Crippen molar-refractivity contribution in [1.29, 1.82) is 0 Å². The Morgan fingerprint density at radius 3 is 2.45 bits per heavy atom. The highest BCUT2D eigenvalue weighted by atomic mass is 35.5. The SMILES string of the molecule is Cc1cccc(-n2nc(C(C)(C)C)c([N+](=O)[O-])c2Cl)c1. The van der Waals surface area contributed by atoms with Crippen LogP contribution in [-0.2, 0) is 5.41 Å². The lowest BCUT2D eigenvalue weighted by Crippen LogP contribution is -2.14. The maximum Gasteiger partial charge on any atom is 0.330 e. The first kappa shape index (κ1) is 14.5. The summed E-state index contributed by atoms with van der Waals surface area (Å²) in [4.78, 5) is 10.8. The average Bonchev–Trinajstić information content (AvgIpc) is 2.66. The van der Waals surface area contributed by atoms with Crippen LogP contribution < -0.4 is 0 Å². The van der Waals surface area contributed by atoms with E-state index in [-0.39, 0.29) is 10.8 Å². The summed E-state index contributed by atoms with van der Waals surface area (Å²) in [6.45, 7) is 7.57. The van der Waals surface area contributed by atoms with E-state index in [1.807, 2.05) is 52.0 Å². The Balaban J connectivity index is 2.71. The van der Waals surface area contributed by atoms with E-state index in [2.05, 4.69) is 5.10 Å². The Hall–Kier alpha value is -1.88. The van der Waals surface area contributed by atoms with Crippen molar-refractivity contribution < 1.29 is 4.92 Å². The molecule has 0 unspecified atom stereocenters. The van der Waals surface area contributed by atoms with Crippen molar-refractivity contribution >= 4 is 17.3 Å². The third-order valence-corrected chi connectivity index (χ3v) is 3.28. The van der Waals surface area contributed by atoms with Crippen LogP contribution in [0.3, 0.4) is 0 Å². The highest BCUT2D eigenvalue weighted by molar-refractivity contribution is 6.32. The molecule has 0 radical (unpaired) electrons. The summed E-state index contributed by atoms with van der Waals surface area (Å²) in [5.41, 5.74) is 1.55. The molecule has 1 aromatic carbocycles. The molecule has 106 valence electrons. The van der Waals surface area contributed by atoms with Gasteiger partial charge < -0.3 is 0 Å². The molecule has 5 nitrogen and oxygen atoms in total. The molecule has 0 N–H and O–H groups in total. The van der Waals surface area contributed by atoms with Gasteiger partial charge in [-0.05, 0) is 24.6 Å². The van der Waals surface area contributed by atoms with Gasteiger partial charge in [0.15, 0.2) is 0 Å². The summed E-state index contributed by atoms with van der Waals surface area (Å²) < 4.78 is 1.42. The Labute approximate surface area is 122 Å². The molecule has 0 saturated heterocycles. The zero-order valence-electron chi connectivity index (χ0n) is 11.8. The minimum absolute atomic E-state index is 0.0329. The molecule has 0 atom stereocenters. The van der Waals surface area contributed by atoms with E-state index in [9.17, 15) is 10.1 Å². The smallest absolute Gasteiger partial charge is 0.258 e. The minimum Gasteiger partial charge on any atom is -0.258 e. The Bertz CT molecular complexity index is 672. The van der Waals surface area contributed by atoms with Crippen molar-refractivity contribution in [2.75, 3.05) is 0 Å². The monoisotopic (exact) mass is 293 g/mol. The summed E-state index contributed by atoms with van der Waals surface area (Å²) >= 11 is 6.18. The van der Waals surface area contributed by atoms with E-state index in [4.69, 9.17) is 11.6 Å². The van der Waals surface area contributed by atoms with Crippen LogP contribution in [0, 0.1) is 17.0 Å². The first-order valence-corrected chi connectivity index (χ1v) is 6.60. The molecule has 1 aromatic heterocycles. The molecule has 6 heteroatoms. The maximum absolute atomic E-state index is 11.3. The van der Waals surface area contributed by atoms with Crippen molar-refractivity contribution in [3.63, 3.8) is 0 Å². The van der Waals surface area contributed by atoms with Gasteiger partial charge in [-0.25, -0.2) is 4.68 Å². The van der Waals surface area contributed by atoms with E-state index >= 15 is 0 Å². The van der Waals surface area contributed by atoms with Crippen LogP contribution in [0.1, 0.15) is 32.0 Å². The highest BCUT2D eigenvalue weighted by Crippen LogP contribution is 2.37. The average molecular weight is 294 g/mol. The quantitative estimate of drug-likeness (QED) is 0.620. The molecule has 1 heterocycles. The van der Waals surface area contributed by atoms with E-state index in [0.29, 0.717) is 11.4 Å².